The predicted molar refractivity (Wildman–Crippen MR) is 118 cm³/mol. The number of aromatic nitrogens is 3. The molecule has 1 aromatic carbocycles. The third-order valence-electron chi connectivity index (χ3n) is 6.26. The minimum atomic E-state index is -0.461. The maximum atomic E-state index is 14.2. The van der Waals surface area contributed by atoms with E-state index >= 15 is 0 Å². The van der Waals surface area contributed by atoms with Crippen LogP contribution in [-0.2, 0) is 24.3 Å². The molecule has 5 rings (SSSR count). The number of halogens is 1. The summed E-state index contributed by atoms with van der Waals surface area (Å²) in [5.74, 6) is 0.0608. The largest absolute Gasteiger partial charge is 0.497 e. The molecule has 1 saturated carbocycles. The zero-order chi connectivity index (χ0) is 22.9. The molecule has 1 fully saturated rings. The summed E-state index contributed by atoms with van der Waals surface area (Å²) in [4.78, 5) is 31.1. The van der Waals surface area contributed by atoms with Crippen molar-refractivity contribution < 1.29 is 18.7 Å². The molecule has 172 valence electrons. The summed E-state index contributed by atoms with van der Waals surface area (Å²) in [5, 5.41) is 7.32. The van der Waals surface area contributed by atoms with Gasteiger partial charge in [0.25, 0.3) is 5.91 Å². The average Bonchev–Trinajstić information content (AvgIpc) is 3.42. The van der Waals surface area contributed by atoms with Gasteiger partial charge in [0.2, 0.25) is 5.91 Å². The number of hydrogen-bond donors (Lipinski definition) is 2. The number of carbonyl (C=O) groups is 2. The Bertz CT molecular complexity index is 1180. The van der Waals surface area contributed by atoms with Gasteiger partial charge in [0.1, 0.15) is 17.3 Å². The van der Waals surface area contributed by atoms with Crippen molar-refractivity contribution in [3.05, 3.63) is 71.1 Å². The zero-order valence-corrected chi connectivity index (χ0v) is 18.4. The van der Waals surface area contributed by atoms with Crippen LogP contribution in [-0.4, -0.2) is 51.2 Å². The number of H-pyrrole nitrogens is 1. The van der Waals surface area contributed by atoms with Gasteiger partial charge in [-0.05, 0) is 54.7 Å². The van der Waals surface area contributed by atoms with Gasteiger partial charge in [0.15, 0.2) is 0 Å². The number of rotatable bonds is 6. The minimum Gasteiger partial charge on any atom is -0.497 e. The monoisotopic (exact) mass is 451 g/mol. The van der Waals surface area contributed by atoms with E-state index in [-0.39, 0.29) is 29.8 Å². The summed E-state index contributed by atoms with van der Waals surface area (Å²) in [5.41, 5.74) is 2.84. The smallest absolute Gasteiger partial charge is 0.270 e. The summed E-state index contributed by atoms with van der Waals surface area (Å²) >= 11 is 0. The van der Waals surface area contributed by atoms with E-state index in [9.17, 15) is 14.0 Å². The van der Waals surface area contributed by atoms with Crippen molar-refractivity contribution in [1.29, 1.82) is 0 Å². The molecule has 9 heteroatoms. The SMILES string of the molecule is COc1ccc(F)c(CC(=O)NC2CN(C(=O)c3[nH]ccc3C3CC3)Cc3ccnn3C2)c1. The van der Waals surface area contributed by atoms with E-state index in [2.05, 4.69) is 15.4 Å². The number of amides is 2. The number of methoxy groups -OCH3 is 1. The third-order valence-corrected chi connectivity index (χ3v) is 6.26. The van der Waals surface area contributed by atoms with Crippen LogP contribution in [0.3, 0.4) is 0 Å². The average molecular weight is 452 g/mol. The van der Waals surface area contributed by atoms with Crippen molar-refractivity contribution in [2.45, 2.75) is 44.3 Å². The van der Waals surface area contributed by atoms with Gasteiger partial charge in [-0.1, -0.05) is 0 Å². The fraction of sp³-hybridized carbons (Fsp3) is 0.375. The number of nitrogens with one attached hydrogen (secondary N) is 2. The van der Waals surface area contributed by atoms with Crippen molar-refractivity contribution in [3.63, 3.8) is 0 Å². The molecule has 3 heterocycles. The molecule has 3 aromatic rings. The minimum absolute atomic E-state index is 0.0883. The van der Waals surface area contributed by atoms with Gasteiger partial charge in [-0.15, -0.1) is 0 Å². The van der Waals surface area contributed by atoms with Crippen LogP contribution in [0.15, 0.2) is 42.7 Å². The molecule has 1 atom stereocenters. The normalized spacial score (nSPS) is 17.9. The van der Waals surface area contributed by atoms with Crippen LogP contribution in [0.5, 0.6) is 5.75 Å². The van der Waals surface area contributed by atoms with Crippen molar-refractivity contribution in [2.24, 2.45) is 0 Å². The number of fused-ring (bicyclic) bond motifs is 1. The van der Waals surface area contributed by atoms with Crippen LogP contribution >= 0.6 is 0 Å². The van der Waals surface area contributed by atoms with Crippen LogP contribution in [0.1, 0.15) is 46.1 Å². The summed E-state index contributed by atoms with van der Waals surface area (Å²) in [7, 11) is 1.49. The highest BCUT2D eigenvalue weighted by atomic mass is 19.1. The summed E-state index contributed by atoms with van der Waals surface area (Å²) in [6.45, 7) is 1.16. The highest BCUT2D eigenvalue weighted by Crippen LogP contribution is 2.41. The fourth-order valence-electron chi connectivity index (χ4n) is 4.42. The van der Waals surface area contributed by atoms with Crippen LogP contribution in [0.2, 0.25) is 0 Å². The Balaban J connectivity index is 1.33. The van der Waals surface area contributed by atoms with Gasteiger partial charge < -0.3 is 19.9 Å². The van der Waals surface area contributed by atoms with E-state index in [1.807, 2.05) is 18.3 Å². The Labute approximate surface area is 190 Å². The van der Waals surface area contributed by atoms with Gasteiger partial charge >= 0.3 is 0 Å². The van der Waals surface area contributed by atoms with E-state index in [4.69, 9.17) is 4.74 Å². The Morgan fingerprint density at radius 1 is 1.24 bits per heavy atom. The van der Waals surface area contributed by atoms with Crippen molar-refractivity contribution in [1.82, 2.24) is 25.0 Å². The topological polar surface area (TPSA) is 92.2 Å². The standard InChI is InChI=1S/C24H26FN5O3/c1-33-19-4-5-21(25)16(10-19)11-22(31)28-17-12-29(14-18-6-9-27-30(18)13-17)24(32)23-20(7-8-26-23)15-2-3-15/h4-10,15,17,26H,2-3,11-14H2,1H3,(H,28,31). The maximum absolute atomic E-state index is 14.2. The first-order chi connectivity index (χ1) is 16.0. The molecule has 1 aliphatic heterocycles. The molecule has 2 aromatic heterocycles. The van der Waals surface area contributed by atoms with Crippen molar-refractivity contribution in [3.8, 4) is 5.75 Å². The second-order valence-corrected chi connectivity index (χ2v) is 8.67. The van der Waals surface area contributed by atoms with Crippen LogP contribution < -0.4 is 10.1 Å². The molecule has 1 aliphatic carbocycles. The number of carbonyl (C=O) groups excluding carboxylic acids is 2. The van der Waals surface area contributed by atoms with E-state index in [0.29, 0.717) is 37.0 Å². The van der Waals surface area contributed by atoms with E-state index in [1.54, 1.807) is 15.8 Å². The molecular formula is C24H26FN5O3. The lowest BCUT2D eigenvalue weighted by Crippen LogP contribution is -2.46. The second-order valence-electron chi connectivity index (χ2n) is 8.67. The molecule has 2 aliphatic rings. The Morgan fingerprint density at radius 3 is 2.88 bits per heavy atom. The number of aromatic amines is 1. The number of nitrogens with zero attached hydrogens (tertiary/aromatic N) is 3. The predicted octanol–water partition coefficient (Wildman–Crippen LogP) is 2.62. The Kier molecular flexibility index (Phi) is 5.62. The Morgan fingerprint density at radius 2 is 2.09 bits per heavy atom. The number of hydrogen-bond acceptors (Lipinski definition) is 4. The molecule has 2 N–H and O–H groups in total. The second kappa shape index (κ2) is 8.73. The van der Waals surface area contributed by atoms with Crippen LogP contribution in [0.25, 0.3) is 0 Å². The lowest BCUT2D eigenvalue weighted by atomic mass is 10.1. The molecule has 0 radical (unpaired) electrons. The zero-order valence-electron chi connectivity index (χ0n) is 18.4. The highest BCUT2D eigenvalue weighted by Gasteiger charge is 2.33. The van der Waals surface area contributed by atoms with Crippen LogP contribution in [0.4, 0.5) is 4.39 Å². The molecular weight excluding hydrogens is 425 g/mol. The molecule has 0 bridgehead atoms. The molecule has 8 nitrogen and oxygen atoms in total. The van der Waals surface area contributed by atoms with Gasteiger partial charge in [-0.2, -0.15) is 5.10 Å². The van der Waals surface area contributed by atoms with Crippen molar-refractivity contribution >= 4 is 11.8 Å². The summed E-state index contributed by atoms with van der Waals surface area (Å²) in [6.07, 6.45) is 5.58. The molecule has 0 spiro atoms. The van der Waals surface area contributed by atoms with E-state index < -0.39 is 5.82 Å². The summed E-state index contributed by atoms with van der Waals surface area (Å²) in [6, 6.07) is 7.82. The van der Waals surface area contributed by atoms with Gasteiger partial charge in [0.05, 0.1) is 38.4 Å². The lowest BCUT2D eigenvalue weighted by Gasteiger charge is -2.25. The quantitative estimate of drug-likeness (QED) is 0.603. The number of benzene rings is 1. The molecule has 2 amide bonds. The molecule has 1 unspecified atom stereocenters. The summed E-state index contributed by atoms with van der Waals surface area (Å²) < 4.78 is 21.1. The van der Waals surface area contributed by atoms with Gasteiger partial charge in [0, 0.05) is 24.5 Å². The third kappa shape index (κ3) is 4.48. The first kappa shape index (κ1) is 21.2. The van der Waals surface area contributed by atoms with E-state index in [0.717, 1.165) is 24.1 Å². The van der Waals surface area contributed by atoms with Crippen molar-refractivity contribution in [2.75, 3.05) is 13.7 Å². The first-order valence-electron chi connectivity index (χ1n) is 11.1. The molecule has 33 heavy (non-hydrogen) atoms. The highest BCUT2D eigenvalue weighted by molar-refractivity contribution is 5.94. The lowest BCUT2D eigenvalue weighted by molar-refractivity contribution is -0.121. The first-order valence-corrected chi connectivity index (χ1v) is 11.1. The Hall–Kier alpha value is -3.62. The van der Waals surface area contributed by atoms with E-state index in [1.165, 1.54) is 25.3 Å². The number of ether oxygens (including phenoxy) is 1. The molecule has 0 saturated heterocycles. The van der Waals surface area contributed by atoms with Crippen LogP contribution in [0, 0.1) is 5.82 Å². The van der Waals surface area contributed by atoms with Gasteiger partial charge in [-0.3, -0.25) is 14.3 Å². The fourth-order valence-corrected chi connectivity index (χ4v) is 4.42. The maximum Gasteiger partial charge on any atom is 0.270 e. The van der Waals surface area contributed by atoms with Gasteiger partial charge in [-0.25, -0.2) is 4.39 Å².